The fourth-order valence-corrected chi connectivity index (χ4v) is 2.61. The fraction of sp³-hybridized carbons (Fsp3) is 0.188. The van der Waals surface area contributed by atoms with E-state index in [2.05, 4.69) is 0 Å². The zero-order valence-corrected chi connectivity index (χ0v) is 10.9. The van der Waals surface area contributed by atoms with E-state index >= 15 is 0 Å². The number of carbonyl (C=O) groups is 1. The third-order valence-electron chi connectivity index (χ3n) is 3.74. The molecule has 19 heavy (non-hydrogen) atoms. The molecule has 96 valence electrons. The van der Waals surface area contributed by atoms with Crippen molar-refractivity contribution in [3.63, 3.8) is 0 Å². The first-order valence-electron chi connectivity index (χ1n) is 6.22. The minimum atomic E-state index is -1.57. The minimum absolute atomic E-state index is 0.308. The third-order valence-corrected chi connectivity index (χ3v) is 3.74. The summed E-state index contributed by atoms with van der Waals surface area (Å²) in [5.41, 5.74) is 1.54. The number of nitrogens with zero attached hydrogens (tertiary/aromatic N) is 1. The van der Waals surface area contributed by atoms with Crippen LogP contribution in [0.5, 0.6) is 0 Å². The molecule has 3 rings (SSSR count). The molecule has 0 bridgehead atoms. The third kappa shape index (κ3) is 1.52. The zero-order chi connectivity index (χ0) is 13.6. The van der Waals surface area contributed by atoms with Crippen LogP contribution in [0.15, 0.2) is 48.5 Å². The number of para-hydroxylation sites is 1. The first-order chi connectivity index (χ1) is 9.05. The van der Waals surface area contributed by atoms with Gasteiger partial charge < -0.3 is 10.0 Å². The molecule has 1 heterocycles. The van der Waals surface area contributed by atoms with E-state index in [0.29, 0.717) is 11.1 Å². The highest BCUT2D eigenvalue weighted by atomic mass is 16.3. The predicted octanol–water partition coefficient (Wildman–Crippen LogP) is 2.21. The van der Waals surface area contributed by atoms with Gasteiger partial charge in [-0.1, -0.05) is 48.0 Å². The first kappa shape index (κ1) is 11.9. The topological polar surface area (TPSA) is 40.5 Å². The molecular formula is C16H15NO2. The van der Waals surface area contributed by atoms with Gasteiger partial charge in [-0.05, 0) is 18.6 Å². The number of aryl methyl sites for hydroxylation is 1. The van der Waals surface area contributed by atoms with Gasteiger partial charge in [0.25, 0.3) is 5.91 Å². The maximum Gasteiger partial charge on any atom is 0.268 e. The van der Waals surface area contributed by atoms with Crippen molar-refractivity contribution in [1.29, 1.82) is 0 Å². The predicted molar refractivity (Wildman–Crippen MR) is 74.0 cm³/mol. The summed E-state index contributed by atoms with van der Waals surface area (Å²) in [7, 11) is 1.69. The van der Waals surface area contributed by atoms with Crippen LogP contribution in [0.2, 0.25) is 0 Å². The summed E-state index contributed by atoms with van der Waals surface area (Å²) in [4.78, 5) is 14.0. The van der Waals surface area contributed by atoms with Gasteiger partial charge in [0.15, 0.2) is 5.60 Å². The van der Waals surface area contributed by atoms with E-state index in [-0.39, 0.29) is 5.91 Å². The Labute approximate surface area is 112 Å². The normalized spacial score (nSPS) is 21.6. The summed E-state index contributed by atoms with van der Waals surface area (Å²) >= 11 is 0. The van der Waals surface area contributed by atoms with Gasteiger partial charge in [0.1, 0.15) is 0 Å². The number of benzene rings is 2. The van der Waals surface area contributed by atoms with Crippen molar-refractivity contribution in [3.05, 3.63) is 65.2 Å². The van der Waals surface area contributed by atoms with Gasteiger partial charge in [0.05, 0.1) is 5.69 Å². The largest absolute Gasteiger partial charge is 0.372 e. The van der Waals surface area contributed by atoms with Crippen molar-refractivity contribution < 1.29 is 9.90 Å². The van der Waals surface area contributed by atoms with E-state index in [1.54, 1.807) is 13.1 Å². The molecule has 1 atom stereocenters. The van der Waals surface area contributed by atoms with Crippen LogP contribution < -0.4 is 4.90 Å². The average Bonchev–Trinajstić information content (AvgIpc) is 2.63. The van der Waals surface area contributed by atoms with E-state index in [4.69, 9.17) is 0 Å². The van der Waals surface area contributed by atoms with E-state index < -0.39 is 5.60 Å². The smallest absolute Gasteiger partial charge is 0.268 e. The summed E-state index contributed by atoms with van der Waals surface area (Å²) in [6.07, 6.45) is 0. The first-order valence-corrected chi connectivity index (χ1v) is 6.22. The molecule has 1 aliphatic rings. The average molecular weight is 253 g/mol. The number of carbonyl (C=O) groups excluding carboxylic acids is 1. The second-order valence-corrected chi connectivity index (χ2v) is 4.96. The summed E-state index contributed by atoms with van der Waals surface area (Å²) in [6.45, 7) is 1.98. The molecule has 3 heteroatoms. The summed E-state index contributed by atoms with van der Waals surface area (Å²) in [6, 6.07) is 14.8. The highest BCUT2D eigenvalue weighted by molar-refractivity contribution is 6.08. The lowest BCUT2D eigenvalue weighted by atomic mass is 9.87. The number of hydrogen-bond donors (Lipinski definition) is 1. The van der Waals surface area contributed by atoms with Gasteiger partial charge in [-0.2, -0.15) is 0 Å². The Hall–Kier alpha value is -2.13. The number of likely N-dealkylation sites (N-methyl/N-ethyl adjacent to an activating group) is 1. The monoisotopic (exact) mass is 253 g/mol. The molecule has 0 spiro atoms. The molecular weight excluding hydrogens is 238 g/mol. The van der Waals surface area contributed by atoms with Gasteiger partial charge in [-0.25, -0.2) is 0 Å². The van der Waals surface area contributed by atoms with Crippen LogP contribution in [-0.4, -0.2) is 18.1 Å². The molecule has 1 amide bonds. The molecule has 1 N–H and O–H groups in total. The van der Waals surface area contributed by atoms with Crippen molar-refractivity contribution in [1.82, 2.24) is 0 Å². The van der Waals surface area contributed by atoms with Crippen molar-refractivity contribution in [2.45, 2.75) is 12.5 Å². The molecule has 0 aliphatic carbocycles. The van der Waals surface area contributed by atoms with E-state index in [9.17, 15) is 9.90 Å². The summed E-state index contributed by atoms with van der Waals surface area (Å²) < 4.78 is 0. The molecule has 0 saturated carbocycles. The molecule has 0 fully saturated rings. The van der Waals surface area contributed by atoms with Gasteiger partial charge >= 0.3 is 0 Å². The molecule has 0 radical (unpaired) electrons. The van der Waals surface area contributed by atoms with E-state index in [0.717, 1.165) is 11.3 Å². The van der Waals surface area contributed by atoms with Crippen molar-refractivity contribution in [2.75, 3.05) is 11.9 Å². The fourth-order valence-electron chi connectivity index (χ4n) is 2.61. The number of anilines is 1. The van der Waals surface area contributed by atoms with Gasteiger partial charge in [-0.3, -0.25) is 4.79 Å². The number of rotatable bonds is 1. The minimum Gasteiger partial charge on any atom is -0.372 e. The maximum atomic E-state index is 12.4. The SMILES string of the molecule is Cc1ccc([C@@]2(O)C(=O)N(C)c3ccccc32)cc1. The Balaban J connectivity index is 2.24. The quantitative estimate of drug-likeness (QED) is 0.846. The molecule has 1 aliphatic heterocycles. The van der Waals surface area contributed by atoms with Crippen molar-refractivity contribution in [2.24, 2.45) is 0 Å². The number of aliphatic hydroxyl groups is 1. The molecule has 2 aromatic rings. The molecule has 3 nitrogen and oxygen atoms in total. The van der Waals surface area contributed by atoms with Crippen LogP contribution >= 0.6 is 0 Å². The lowest BCUT2D eigenvalue weighted by Crippen LogP contribution is -2.39. The number of amides is 1. The van der Waals surface area contributed by atoms with Crippen LogP contribution in [0.1, 0.15) is 16.7 Å². The lowest BCUT2D eigenvalue weighted by molar-refractivity contribution is -0.131. The Morgan fingerprint density at radius 3 is 2.37 bits per heavy atom. The maximum absolute atomic E-state index is 12.4. The Morgan fingerprint density at radius 1 is 1.05 bits per heavy atom. The van der Waals surface area contributed by atoms with Crippen LogP contribution in [0.3, 0.4) is 0 Å². The second-order valence-electron chi connectivity index (χ2n) is 4.96. The zero-order valence-electron chi connectivity index (χ0n) is 10.9. The lowest BCUT2D eigenvalue weighted by Gasteiger charge is -2.22. The standard InChI is InChI=1S/C16H15NO2/c1-11-7-9-12(10-8-11)16(19)13-5-3-4-6-14(13)17(2)15(16)18/h3-10,19H,1-2H3/t16-/m0/s1. The van der Waals surface area contributed by atoms with Crippen molar-refractivity contribution in [3.8, 4) is 0 Å². The number of hydrogen-bond acceptors (Lipinski definition) is 2. The van der Waals surface area contributed by atoms with Gasteiger partial charge in [-0.15, -0.1) is 0 Å². The molecule has 0 aromatic heterocycles. The van der Waals surface area contributed by atoms with Gasteiger partial charge in [0.2, 0.25) is 0 Å². The van der Waals surface area contributed by atoms with Crippen LogP contribution in [0.4, 0.5) is 5.69 Å². The summed E-state index contributed by atoms with van der Waals surface area (Å²) in [5, 5.41) is 11.0. The van der Waals surface area contributed by atoms with Crippen LogP contribution in [0.25, 0.3) is 0 Å². The van der Waals surface area contributed by atoms with Gasteiger partial charge in [0, 0.05) is 12.6 Å². The Kier molecular flexibility index (Phi) is 2.47. The Morgan fingerprint density at radius 2 is 1.68 bits per heavy atom. The Bertz CT molecular complexity index is 648. The molecule has 0 saturated heterocycles. The van der Waals surface area contributed by atoms with E-state index in [1.807, 2.05) is 49.4 Å². The highest BCUT2D eigenvalue weighted by Crippen LogP contribution is 2.43. The summed E-state index contributed by atoms with van der Waals surface area (Å²) in [5.74, 6) is -0.308. The molecule has 0 unspecified atom stereocenters. The van der Waals surface area contributed by atoms with Crippen molar-refractivity contribution >= 4 is 11.6 Å². The van der Waals surface area contributed by atoms with Crippen LogP contribution in [-0.2, 0) is 10.4 Å². The highest BCUT2D eigenvalue weighted by Gasteiger charge is 2.49. The van der Waals surface area contributed by atoms with Crippen LogP contribution in [0, 0.1) is 6.92 Å². The second kappa shape index (κ2) is 3.93. The molecule has 2 aromatic carbocycles. The van der Waals surface area contributed by atoms with E-state index in [1.165, 1.54) is 4.90 Å². The number of fused-ring (bicyclic) bond motifs is 1.